The zero-order valence-corrected chi connectivity index (χ0v) is 12.8. The summed E-state index contributed by atoms with van der Waals surface area (Å²) >= 11 is 0. The molecule has 1 aromatic rings. The van der Waals surface area contributed by atoms with Crippen LogP contribution in [0, 0.1) is 11.8 Å². The van der Waals surface area contributed by atoms with Gasteiger partial charge in [-0.15, -0.1) is 0 Å². The molecule has 2 N–H and O–H groups in total. The lowest BCUT2D eigenvalue weighted by atomic mass is 9.79. The van der Waals surface area contributed by atoms with Crippen molar-refractivity contribution in [3.63, 3.8) is 0 Å². The van der Waals surface area contributed by atoms with Gasteiger partial charge in [0.25, 0.3) is 0 Å². The number of rotatable bonds is 3. The van der Waals surface area contributed by atoms with Gasteiger partial charge in [-0.25, -0.2) is 0 Å². The van der Waals surface area contributed by atoms with Gasteiger partial charge in [-0.05, 0) is 12.8 Å². The summed E-state index contributed by atoms with van der Waals surface area (Å²) in [6, 6.07) is 1.67. The van der Waals surface area contributed by atoms with E-state index in [1.807, 2.05) is 20.8 Å². The van der Waals surface area contributed by atoms with Crippen LogP contribution >= 0.6 is 0 Å². The predicted molar refractivity (Wildman–Crippen MR) is 76.3 cm³/mol. The molecule has 2 saturated heterocycles. The minimum Gasteiger partial charge on any atom is -0.481 e. The quantitative estimate of drug-likeness (QED) is 0.882. The number of amides is 1. The summed E-state index contributed by atoms with van der Waals surface area (Å²) < 4.78 is 10.8. The zero-order chi connectivity index (χ0) is 16.1. The molecule has 120 valence electrons. The van der Waals surface area contributed by atoms with E-state index in [0.29, 0.717) is 18.0 Å². The molecular formula is C15H20N2O5. The topological polar surface area (TPSA) is 102 Å². The Morgan fingerprint density at radius 2 is 1.91 bits per heavy atom. The Labute approximate surface area is 128 Å². The van der Waals surface area contributed by atoms with Gasteiger partial charge in [0.05, 0.1) is 24.0 Å². The normalized spacial score (nSPS) is 30.5. The maximum Gasteiger partial charge on any atom is 0.310 e. The molecule has 0 unspecified atom stereocenters. The van der Waals surface area contributed by atoms with Crippen LogP contribution in [-0.4, -0.2) is 34.3 Å². The van der Waals surface area contributed by atoms with Gasteiger partial charge < -0.3 is 19.7 Å². The average Bonchev–Trinajstić information content (AvgIpc) is 3.11. The molecule has 2 fully saturated rings. The number of carboxylic acid groups (broad SMARTS) is 1. The van der Waals surface area contributed by atoms with Gasteiger partial charge in [0.2, 0.25) is 5.91 Å². The number of anilines is 1. The number of carboxylic acids is 1. The van der Waals surface area contributed by atoms with Gasteiger partial charge in [0, 0.05) is 11.5 Å². The molecule has 1 aromatic heterocycles. The first-order chi connectivity index (χ1) is 10.3. The van der Waals surface area contributed by atoms with E-state index in [-0.39, 0.29) is 23.5 Å². The second kappa shape index (κ2) is 5.08. The number of carbonyl (C=O) groups excluding carboxylic acids is 1. The molecule has 2 aliphatic heterocycles. The third kappa shape index (κ3) is 2.49. The average molecular weight is 308 g/mol. The Hall–Kier alpha value is -1.89. The third-order valence-corrected chi connectivity index (χ3v) is 4.36. The van der Waals surface area contributed by atoms with Gasteiger partial charge in [-0.2, -0.15) is 0 Å². The largest absolute Gasteiger partial charge is 0.481 e. The van der Waals surface area contributed by atoms with Crippen molar-refractivity contribution in [1.29, 1.82) is 0 Å². The number of nitrogens with one attached hydrogen (secondary N) is 1. The standard InChI is InChI=1S/C15H20N2O5/c1-15(2,3)9-6-10(17-22-9)16-13(18)11-7-4-5-8(21-7)12(11)14(19)20/h6-8,11-12H,4-5H2,1-3H3,(H,19,20)(H,16,17,18)/t7-,8+,11+,12+/m1/s1. The summed E-state index contributed by atoms with van der Waals surface area (Å²) in [4.78, 5) is 23.8. The first-order valence-corrected chi connectivity index (χ1v) is 7.43. The van der Waals surface area contributed by atoms with E-state index in [9.17, 15) is 14.7 Å². The third-order valence-electron chi connectivity index (χ3n) is 4.36. The Morgan fingerprint density at radius 3 is 2.45 bits per heavy atom. The highest BCUT2D eigenvalue weighted by Crippen LogP contribution is 2.44. The van der Waals surface area contributed by atoms with E-state index in [1.165, 1.54) is 0 Å². The van der Waals surface area contributed by atoms with Crippen molar-refractivity contribution >= 4 is 17.7 Å². The second-order valence-electron chi connectivity index (χ2n) is 7.00. The van der Waals surface area contributed by atoms with Crippen LogP contribution in [0.15, 0.2) is 10.6 Å². The number of hydrogen-bond acceptors (Lipinski definition) is 5. The van der Waals surface area contributed by atoms with Gasteiger partial charge in [-0.1, -0.05) is 25.9 Å². The molecule has 0 saturated carbocycles. The van der Waals surface area contributed by atoms with Crippen molar-refractivity contribution in [2.75, 3.05) is 5.32 Å². The van der Waals surface area contributed by atoms with E-state index in [4.69, 9.17) is 9.26 Å². The first kappa shape index (κ1) is 15.0. The maximum atomic E-state index is 12.4. The van der Waals surface area contributed by atoms with E-state index in [0.717, 1.165) is 6.42 Å². The van der Waals surface area contributed by atoms with Crippen LogP contribution in [-0.2, 0) is 19.7 Å². The molecule has 3 rings (SSSR count). The molecule has 0 radical (unpaired) electrons. The Bertz CT molecular complexity index is 603. The van der Waals surface area contributed by atoms with Gasteiger partial charge in [0.1, 0.15) is 5.76 Å². The molecule has 1 amide bonds. The number of fused-ring (bicyclic) bond motifs is 2. The molecule has 0 aliphatic carbocycles. The fourth-order valence-electron chi connectivity index (χ4n) is 3.22. The second-order valence-corrected chi connectivity index (χ2v) is 7.00. The number of ether oxygens (including phenoxy) is 1. The highest BCUT2D eigenvalue weighted by Gasteiger charge is 2.55. The lowest BCUT2D eigenvalue weighted by Crippen LogP contribution is -2.41. The predicted octanol–water partition coefficient (Wildman–Crippen LogP) is 1.79. The number of nitrogens with zero attached hydrogens (tertiary/aromatic N) is 1. The summed E-state index contributed by atoms with van der Waals surface area (Å²) in [7, 11) is 0. The SMILES string of the molecule is CC(C)(C)c1cc(NC(=O)[C@@H]2[C@@H](C(=O)O)[C@@H]3CC[C@H]2O3)no1. The smallest absolute Gasteiger partial charge is 0.310 e. The summed E-state index contributed by atoms with van der Waals surface area (Å²) in [5, 5.41) is 15.8. The lowest BCUT2D eigenvalue weighted by molar-refractivity contribution is -0.147. The molecule has 2 aliphatic rings. The highest BCUT2D eigenvalue weighted by molar-refractivity contribution is 5.95. The zero-order valence-electron chi connectivity index (χ0n) is 12.8. The molecule has 7 heteroatoms. The molecular weight excluding hydrogens is 288 g/mol. The Balaban J connectivity index is 1.74. The maximum absolute atomic E-state index is 12.4. The van der Waals surface area contributed by atoms with E-state index in [1.54, 1.807) is 6.07 Å². The van der Waals surface area contributed by atoms with E-state index >= 15 is 0 Å². The fourth-order valence-corrected chi connectivity index (χ4v) is 3.22. The molecule has 2 bridgehead atoms. The summed E-state index contributed by atoms with van der Waals surface area (Å²) in [5.41, 5.74) is -0.213. The van der Waals surface area contributed by atoms with E-state index in [2.05, 4.69) is 10.5 Å². The number of aliphatic carboxylic acids is 1. The molecule has 0 spiro atoms. The van der Waals surface area contributed by atoms with Crippen molar-refractivity contribution in [2.45, 2.75) is 51.2 Å². The van der Waals surface area contributed by atoms with Crippen LogP contribution in [0.5, 0.6) is 0 Å². The van der Waals surface area contributed by atoms with Crippen LogP contribution in [0.1, 0.15) is 39.4 Å². The van der Waals surface area contributed by atoms with Crippen LogP contribution < -0.4 is 5.32 Å². The summed E-state index contributed by atoms with van der Waals surface area (Å²) in [6.07, 6.45) is 0.739. The molecule has 4 atom stereocenters. The Morgan fingerprint density at radius 1 is 1.27 bits per heavy atom. The molecule has 3 heterocycles. The highest BCUT2D eigenvalue weighted by atomic mass is 16.5. The first-order valence-electron chi connectivity index (χ1n) is 7.43. The van der Waals surface area contributed by atoms with Crippen LogP contribution in [0.25, 0.3) is 0 Å². The molecule has 7 nitrogen and oxygen atoms in total. The fraction of sp³-hybridized carbons (Fsp3) is 0.667. The number of hydrogen-bond donors (Lipinski definition) is 2. The van der Waals surface area contributed by atoms with Crippen molar-refractivity contribution in [2.24, 2.45) is 11.8 Å². The molecule has 0 aromatic carbocycles. The van der Waals surface area contributed by atoms with Crippen LogP contribution in [0.3, 0.4) is 0 Å². The minimum absolute atomic E-state index is 0.213. The van der Waals surface area contributed by atoms with Crippen molar-refractivity contribution in [3.05, 3.63) is 11.8 Å². The Kier molecular flexibility index (Phi) is 3.47. The van der Waals surface area contributed by atoms with Gasteiger partial charge in [-0.3, -0.25) is 9.59 Å². The number of carbonyl (C=O) groups is 2. The monoisotopic (exact) mass is 308 g/mol. The molecule has 22 heavy (non-hydrogen) atoms. The van der Waals surface area contributed by atoms with Crippen LogP contribution in [0.2, 0.25) is 0 Å². The minimum atomic E-state index is -0.983. The van der Waals surface area contributed by atoms with Gasteiger partial charge in [0.15, 0.2) is 5.82 Å². The summed E-state index contributed by atoms with van der Waals surface area (Å²) in [6.45, 7) is 5.93. The lowest BCUT2D eigenvalue weighted by Gasteiger charge is -2.23. The van der Waals surface area contributed by atoms with Crippen molar-refractivity contribution < 1.29 is 24.0 Å². The van der Waals surface area contributed by atoms with E-state index < -0.39 is 17.8 Å². The summed E-state index contributed by atoms with van der Waals surface area (Å²) in [5.74, 6) is -1.85. The van der Waals surface area contributed by atoms with Crippen molar-refractivity contribution in [1.82, 2.24) is 5.16 Å². The van der Waals surface area contributed by atoms with Gasteiger partial charge >= 0.3 is 5.97 Å². The van der Waals surface area contributed by atoms with Crippen LogP contribution in [0.4, 0.5) is 5.82 Å². The number of aromatic nitrogens is 1. The van der Waals surface area contributed by atoms with Crippen molar-refractivity contribution in [3.8, 4) is 0 Å².